The normalized spacial score (nSPS) is 14.8. The van der Waals surface area contributed by atoms with Crippen molar-refractivity contribution in [2.45, 2.75) is 18.7 Å². The molecule has 3 heterocycles. The van der Waals surface area contributed by atoms with Crippen LogP contribution in [0.2, 0.25) is 0 Å². The highest BCUT2D eigenvalue weighted by atomic mass is 32.2. The quantitative estimate of drug-likeness (QED) is 0.669. The lowest BCUT2D eigenvalue weighted by atomic mass is 10.2. The van der Waals surface area contributed by atoms with Crippen LogP contribution < -0.4 is 14.5 Å². The average Bonchev–Trinajstić information content (AvgIpc) is 3.08. The molecule has 1 aliphatic heterocycles. The predicted octanol–water partition coefficient (Wildman–Crippen LogP) is 2.55. The Hall–Kier alpha value is -3.07. The number of rotatable bonds is 5. The van der Waals surface area contributed by atoms with Gasteiger partial charge in [0.15, 0.2) is 0 Å². The van der Waals surface area contributed by atoms with Crippen LogP contribution in [0.3, 0.4) is 0 Å². The van der Waals surface area contributed by atoms with Gasteiger partial charge in [-0.3, -0.25) is 9.82 Å². The molecule has 4 rings (SSSR count). The summed E-state index contributed by atoms with van der Waals surface area (Å²) >= 11 is 0. The van der Waals surface area contributed by atoms with Crippen LogP contribution in [0.4, 0.5) is 17.2 Å². The SMILES string of the molecule is Cc1n[nH]c(C)c1S(=O)(=O)Nc1ccc(N2CCN(c3ccccc3)CC2)nc1. The third-order valence-electron chi connectivity index (χ3n) is 5.05. The molecule has 0 amide bonds. The number of pyridine rings is 1. The number of aromatic nitrogens is 3. The summed E-state index contributed by atoms with van der Waals surface area (Å²) in [7, 11) is -3.71. The van der Waals surface area contributed by atoms with Gasteiger partial charge < -0.3 is 9.80 Å². The first-order valence-corrected chi connectivity index (χ1v) is 11.0. The van der Waals surface area contributed by atoms with E-state index in [1.807, 2.05) is 12.1 Å². The summed E-state index contributed by atoms with van der Waals surface area (Å²) in [6.07, 6.45) is 1.56. The number of hydrogen-bond donors (Lipinski definition) is 2. The molecule has 9 heteroatoms. The van der Waals surface area contributed by atoms with E-state index >= 15 is 0 Å². The largest absolute Gasteiger partial charge is 0.368 e. The fraction of sp³-hybridized carbons (Fsp3) is 0.300. The van der Waals surface area contributed by atoms with Crippen molar-refractivity contribution >= 4 is 27.2 Å². The lowest BCUT2D eigenvalue weighted by Crippen LogP contribution is -2.46. The van der Waals surface area contributed by atoms with Gasteiger partial charge in [0, 0.05) is 31.9 Å². The smallest absolute Gasteiger partial charge is 0.265 e. The molecule has 0 aliphatic carbocycles. The van der Waals surface area contributed by atoms with E-state index in [0.717, 1.165) is 32.0 Å². The van der Waals surface area contributed by atoms with Crippen molar-refractivity contribution in [3.8, 4) is 0 Å². The van der Waals surface area contributed by atoms with Gasteiger partial charge in [-0.15, -0.1) is 0 Å². The molecule has 1 saturated heterocycles. The Morgan fingerprint density at radius 1 is 0.966 bits per heavy atom. The number of nitrogens with one attached hydrogen (secondary N) is 2. The number of para-hydroxylation sites is 1. The van der Waals surface area contributed by atoms with Crippen LogP contribution in [0.25, 0.3) is 0 Å². The van der Waals surface area contributed by atoms with Crippen molar-refractivity contribution in [1.82, 2.24) is 15.2 Å². The number of benzene rings is 1. The predicted molar refractivity (Wildman–Crippen MR) is 114 cm³/mol. The van der Waals surface area contributed by atoms with E-state index in [1.54, 1.807) is 26.1 Å². The topological polar surface area (TPSA) is 94.2 Å². The fourth-order valence-corrected chi connectivity index (χ4v) is 5.03. The Kier molecular flexibility index (Phi) is 5.14. The second kappa shape index (κ2) is 7.75. The van der Waals surface area contributed by atoms with Crippen molar-refractivity contribution in [2.75, 3.05) is 40.7 Å². The summed E-state index contributed by atoms with van der Waals surface area (Å²) in [6.45, 7) is 6.90. The second-order valence-electron chi connectivity index (χ2n) is 7.08. The molecular formula is C20H24N6O2S. The van der Waals surface area contributed by atoms with E-state index < -0.39 is 10.0 Å². The summed E-state index contributed by atoms with van der Waals surface area (Å²) in [4.78, 5) is 9.21. The van der Waals surface area contributed by atoms with Gasteiger partial charge in [-0.2, -0.15) is 5.10 Å². The summed E-state index contributed by atoms with van der Waals surface area (Å²) in [5, 5.41) is 6.66. The standard InChI is InChI=1S/C20H24N6O2S/c1-15-20(16(2)23-22-15)29(27,28)24-17-8-9-19(21-14-17)26-12-10-25(11-13-26)18-6-4-3-5-7-18/h3-9,14,24H,10-13H2,1-2H3,(H,22,23). The Morgan fingerprint density at radius 3 is 2.24 bits per heavy atom. The van der Waals surface area contributed by atoms with Gasteiger partial charge >= 0.3 is 0 Å². The lowest BCUT2D eigenvalue weighted by Gasteiger charge is -2.36. The summed E-state index contributed by atoms with van der Waals surface area (Å²) < 4.78 is 27.9. The van der Waals surface area contributed by atoms with E-state index in [-0.39, 0.29) is 4.90 Å². The van der Waals surface area contributed by atoms with Crippen LogP contribution in [0, 0.1) is 13.8 Å². The molecule has 3 aromatic rings. The van der Waals surface area contributed by atoms with Gasteiger partial charge in [0.05, 0.1) is 23.3 Å². The fourth-order valence-electron chi connectivity index (χ4n) is 3.61. The number of piperazine rings is 1. The molecule has 2 aromatic heterocycles. The number of H-pyrrole nitrogens is 1. The highest BCUT2D eigenvalue weighted by molar-refractivity contribution is 7.92. The zero-order valence-electron chi connectivity index (χ0n) is 16.5. The van der Waals surface area contributed by atoms with Gasteiger partial charge in [0.2, 0.25) is 0 Å². The molecule has 0 unspecified atom stereocenters. The highest BCUT2D eigenvalue weighted by Crippen LogP contribution is 2.23. The number of aryl methyl sites for hydroxylation is 2. The number of nitrogens with zero attached hydrogens (tertiary/aromatic N) is 4. The molecule has 0 radical (unpaired) electrons. The molecule has 0 saturated carbocycles. The van der Waals surface area contributed by atoms with Crippen molar-refractivity contribution in [1.29, 1.82) is 0 Å². The third kappa shape index (κ3) is 4.04. The van der Waals surface area contributed by atoms with Crippen molar-refractivity contribution < 1.29 is 8.42 Å². The van der Waals surface area contributed by atoms with Crippen LogP contribution in [-0.4, -0.2) is 49.8 Å². The van der Waals surface area contributed by atoms with Crippen LogP contribution in [0.15, 0.2) is 53.6 Å². The Labute approximate surface area is 170 Å². The van der Waals surface area contributed by atoms with Crippen molar-refractivity contribution in [2.24, 2.45) is 0 Å². The summed E-state index contributed by atoms with van der Waals surface area (Å²) in [5.74, 6) is 0.844. The first-order valence-electron chi connectivity index (χ1n) is 9.49. The minimum absolute atomic E-state index is 0.179. The number of hydrogen-bond acceptors (Lipinski definition) is 6. The maximum absolute atomic E-state index is 12.6. The molecule has 8 nitrogen and oxygen atoms in total. The molecule has 0 spiro atoms. The Balaban J connectivity index is 1.41. The third-order valence-corrected chi connectivity index (χ3v) is 6.70. The molecule has 2 N–H and O–H groups in total. The van der Waals surface area contributed by atoms with Crippen LogP contribution >= 0.6 is 0 Å². The molecule has 29 heavy (non-hydrogen) atoms. The monoisotopic (exact) mass is 412 g/mol. The number of sulfonamides is 1. The second-order valence-corrected chi connectivity index (χ2v) is 8.70. The van der Waals surface area contributed by atoms with Crippen LogP contribution in [0.5, 0.6) is 0 Å². The highest BCUT2D eigenvalue weighted by Gasteiger charge is 2.23. The average molecular weight is 413 g/mol. The van der Waals surface area contributed by atoms with Gasteiger partial charge in [-0.25, -0.2) is 13.4 Å². The van der Waals surface area contributed by atoms with Gasteiger partial charge in [0.25, 0.3) is 10.0 Å². The van der Waals surface area contributed by atoms with E-state index in [9.17, 15) is 8.42 Å². The number of anilines is 3. The zero-order chi connectivity index (χ0) is 20.4. The molecule has 152 valence electrons. The lowest BCUT2D eigenvalue weighted by molar-refractivity contribution is 0.600. The van der Waals surface area contributed by atoms with E-state index in [0.29, 0.717) is 17.1 Å². The van der Waals surface area contributed by atoms with Gasteiger partial charge in [-0.05, 0) is 38.1 Å². The van der Waals surface area contributed by atoms with E-state index in [4.69, 9.17) is 0 Å². The van der Waals surface area contributed by atoms with E-state index in [2.05, 4.69) is 54.0 Å². The molecule has 1 aliphatic rings. The molecular weight excluding hydrogens is 388 g/mol. The maximum atomic E-state index is 12.6. The van der Waals surface area contributed by atoms with Crippen LogP contribution in [-0.2, 0) is 10.0 Å². The first kappa shape index (κ1) is 19.3. The van der Waals surface area contributed by atoms with Gasteiger partial charge in [-0.1, -0.05) is 18.2 Å². The Morgan fingerprint density at radius 2 is 1.66 bits per heavy atom. The molecule has 0 atom stereocenters. The number of aromatic amines is 1. The van der Waals surface area contributed by atoms with Crippen molar-refractivity contribution in [3.05, 3.63) is 60.0 Å². The molecule has 1 fully saturated rings. The minimum Gasteiger partial charge on any atom is -0.368 e. The Bertz CT molecular complexity index is 1050. The summed E-state index contributed by atoms with van der Waals surface area (Å²) in [5.41, 5.74) is 2.61. The van der Waals surface area contributed by atoms with Crippen LogP contribution in [0.1, 0.15) is 11.4 Å². The zero-order valence-corrected chi connectivity index (χ0v) is 17.3. The minimum atomic E-state index is -3.71. The van der Waals surface area contributed by atoms with Gasteiger partial charge in [0.1, 0.15) is 10.7 Å². The van der Waals surface area contributed by atoms with Crippen molar-refractivity contribution in [3.63, 3.8) is 0 Å². The summed E-state index contributed by atoms with van der Waals surface area (Å²) in [6, 6.07) is 14.0. The first-order chi connectivity index (χ1) is 13.9. The molecule has 1 aromatic carbocycles. The maximum Gasteiger partial charge on any atom is 0.265 e. The van der Waals surface area contributed by atoms with E-state index in [1.165, 1.54) is 5.69 Å². The molecule has 0 bridgehead atoms.